The van der Waals surface area contributed by atoms with Gasteiger partial charge in [0, 0.05) is 29.3 Å². The Morgan fingerprint density at radius 3 is 2.81 bits per heavy atom. The molecular weight excluding hydrogens is 260 g/mol. The average Bonchev–Trinajstić information content (AvgIpc) is 2.84. The molecule has 0 N–H and O–H groups in total. The van der Waals surface area contributed by atoms with Crippen LogP contribution in [0.4, 0.5) is 0 Å². The molecule has 4 rings (SSSR count). The van der Waals surface area contributed by atoms with Crippen molar-refractivity contribution in [3.63, 3.8) is 0 Å². The number of fused-ring (bicyclic) bond motifs is 3. The van der Waals surface area contributed by atoms with Crippen LogP contribution >= 0.6 is 0 Å². The summed E-state index contributed by atoms with van der Waals surface area (Å²) in [7, 11) is 2.06. The maximum absolute atomic E-state index is 5.89. The van der Waals surface area contributed by atoms with Crippen molar-refractivity contribution in [1.29, 1.82) is 0 Å². The number of pyridine rings is 2. The highest BCUT2D eigenvalue weighted by atomic mass is 16.3. The number of rotatable bonds is 1. The lowest BCUT2D eigenvalue weighted by molar-refractivity contribution is -0.660. The fraction of sp³-hybridized carbons (Fsp3) is 0.111. The van der Waals surface area contributed by atoms with Crippen LogP contribution in [0, 0.1) is 6.92 Å². The SMILES string of the molecule is Cc1cc2oc3cccnc3c2cc1-c1cccc[n+]1C. The lowest BCUT2D eigenvalue weighted by Gasteiger charge is -2.04. The third kappa shape index (κ3) is 1.82. The van der Waals surface area contributed by atoms with Gasteiger partial charge in [-0.2, -0.15) is 0 Å². The van der Waals surface area contributed by atoms with Gasteiger partial charge in [-0.25, -0.2) is 4.57 Å². The van der Waals surface area contributed by atoms with Crippen LogP contribution in [0.2, 0.25) is 0 Å². The first-order valence-corrected chi connectivity index (χ1v) is 6.97. The molecule has 0 fully saturated rings. The van der Waals surface area contributed by atoms with E-state index >= 15 is 0 Å². The van der Waals surface area contributed by atoms with E-state index in [1.165, 1.54) is 16.8 Å². The summed E-state index contributed by atoms with van der Waals surface area (Å²) in [5.41, 5.74) is 6.24. The maximum Gasteiger partial charge on any atom is 0.212 e. The summed E-state index contributed by atoms with van der Waals surface area (Å²) in [6, 6.07) is 14.4. The third-order valence-electron chi connectivity index (χ3n) is 3.90. The van der Waals surface area contributed by atoms with Crippen molar-refractivity contribution in [2.45, 2.75) is 6.92 Å². The Morgan fingerprint density at radius 2 is 1.95 bits per heavy atom. The first-order chi connectivity index (χ1) is 10.2. The largest absolute Gasteiger partial charge is 0.454 e. The number of furan rings is 1. The topological polar surface area (TPSA) is 29.9 Å². The van der Waals surface area contributed by atoms with E-state index in [2.05, 4.69) is 54.0 Å². The Morgan fingerprint density at radius 1 is 1.05 bits per heavy atom. The van der Waals surface area contributed by atoms with Gasteiger partial charge in [-0.3, -0.25) is 4.98 Å². The molecule has 0 bridgehead atoms. The van der Waals surface area contributed by atoms with Crippen molar-refractivity contribution in [3.8, 4) is 11.3 Å². The van der Waals surface area contributed by atoms with Gasteiger partial charge in [-0.05, 0) is 42.8 Å². The second kappa shape index (κ2) is 4.42. The zero-order valence-corrected chi connectivity index (χ0v) is 12.0. The van der Waals surface area contributed by atoms with Gasteiger partial charge in [-0.15, -0.1) is 0 Å². The minimum atomic E-state index is 0.835. The van der Waals surface area contributed by atoms with E-state index < -0.39 is 0 Å². The van der Waals surface area contributed by atoms with E-state index in [1.807, 2.05) is 18.2 Å². The van der Waals surface area contributed by atoms with Crippen LogP contribution in [0.15, 0.2) is 59.3 Å². The molecule has 21 heavy (non-hydrogen) atoms. The van der Waals surface area contributed by atoms with Gasteiger partial charge in [0.25, 0.3) is 0 Å². The number of nitrogens with zero attached hydrogens (tertiary/aromatic N) is 2. The summed E-state index contributed by atoms with van der Waals surface area (Å²) < 4.78 is 8.01. The van der Waals surface area contributed by atoms with Crippen molar-refractivity contribution >= 4 is 22.1 Å². The van der Waals surface area contributed by atoms with Crippen LogP contribution in [-0.2, 0) is 7.05 Å². The molecule has 0 saturated heterocycles. The van der Waals surface area contributed by atoms with E-state index in [0.29, 0.717) is 0 Å². The van der Waals surface area contributed by atoms with Crippen molar-refractivity contribution in [1.82, 2.24) is 4.98 Å². The minimum absolute atomic E-state index is 0.835. The van der Waals surface area contributed by atoms with Gasteiger partial charge < -0.3 is 4.42 Å². The summed E-state index contributed by atoms with van der Waals surface area (Å²) >= 11 is 0. The van der Waals surface area contributed by atoms with E-state index in [1.54, 1.807) is 6.20 Å². The molecule has 0 amide bonds. The molecule has 0 aliphatic heterocycles. The number of aromatic nitrogens is 2. The van der Waals surface area contributed by atoms with Crippen molar-refractivity contribution in [2.24, 2.45) is 7.05 Å². The van der Waals surface area contributed by atoms with E-state index in [-0.39, 0.29) is 0 Å². The predicted molar refractivity (Wildman–Crippen MR) is 82.9 cm³/mol. The summed E-state index contributed by atoms with van der Waals surface area (Å²) in [6.07, 6.45) is 3.87. The summed E-state index contributed by atoms with van der Waals surface area (Å²) in [5, 5.41) is 1.06. The fourth-order valence-electron chi connectivity index (χ4n) is 2.82. The van der Waals surface area contributed by atoms with Crippen molar-refractivity contribution in [3.05, 3.63) is 60.4 Å². The highest BCUT2D eigenvalue weighted by Gasteiger charge is 2.16. The molecule has 0 spiro atoms. The highest BCUT2D eigenvalue weighted by Crippen LogP contribution is 2.32. The lowest BCUT2D eigenvalue weighted by Crippen LogP contribution is -2.30. The summed E-state index contributed by atoms with van der Waals surface area (Å²) in [5.74, 6) is 0. The quantitative estimate of drug-likeness (QED) is 0.495. The Hall–Kier alpha value is -2.68. The van der Waals surface area contributed by atoms with Crippen LogP contribution in [-0.4, -0.2) is 4.98 Å². The number of benzene rings is 1. The van der Waals surface area contributed by atoms with Gasteiger partial charge in [0.1, 0.15) is 18.1 Å². The number of hydrogen-bond donors (Lipinski definition) is 0. The Labute approximate surface area is 122 Å². The number of hydrogen-bond acceptors (Lipinski definition) is 2. The first-order valence-electron chi connectivity index (χ1n) is 6.97. The fourth-order valence-corrected chi connectivity index (χ4v) is 2.82. The Kier molecular flexibility index (Phi) is 2.54. The zero-order valence-electron chi connectivity index (χ0n) is 12.0. The summed E-state index contributed by atoms with van der Waals surface area (Å²) in [6.45, 7) is 2.11. The average molecular weight is 275 g/mol. The third-order valence-corrected chi connectivity index (χ3v) is 3.90. The van der Waals surface area contributed by atoms with Gasteiger partial charge in [0.2, 0.25) is 5.69 Å². The van der Waals surface area contributed by atoms with Gasteiger partial charge >= 0.3 is 0 Å². The molecule has 1 aromatic carbocycles. The second-order valence-corrected chi connectivity index (χ2v) is 5.31. The van der Waals surface area contributed by atoms with Crippen LogP contribution in [0.3, 0.4) is 0 Å². The molecule has 102 valence electrons. The smallest absolute Gasteiger partial charge is 0.212 e. The maximum atomic E-state index is 5.89. The lowest BCUT2D eigenvalue weighted by atomic mass is 10.0. The highest BCUT2D eigenvalue weighted by molar-refractivity contribution is 6.04. The normalized spacial score (nSPS) is 11.3. The van der Waals surface area contributed by atoms with E-state index in [4.69, 9.17) is 4.42 Å². The standard InChI is InChI=1S/C18H15N2O/c1-12-10-17-14(18-16(21-17)7-5-8-19-18)11-13(12)15-6-3-4-9-20(15)2/h3-11H,1-2H3/q+1. The molecule has 3 aromatic heterocycles. The predicted octanol–water partition coefficient (Wildman–Crippen LogP) is 3.78. The monoisotopic (exact) mass is 275 g/mol. The Bertz CT molecular complexity index is 969. The molecule has 0 aliphatic rings. The van der Waals surface area contributed by atoms with Crippen molar-refractivity contribution < 1.29 is 8.98 Å². The molecule has 3 heterocycles. The molecule has 0 aliphatic carbocycles. The molecule has 3 nitrogen and oxygen atoms in total. The molecule has 4 aromatic rings. The van der Waals surface area contributed by atoms with Gasteiger partial charge in [0.05, 0.1) is 0 Å². The molecule has 0 atom stereocenters. The van der Waals surface area contributed by atoms with Crippen molar-refractivity contribution in [2.75, 3.05) is 0 Å². The summed E-state index contributed by atoms with van der Waals surface area (Å²) in [4.78, 5) is 4.46. The zero-order chi connectivity index (χ0) is 14.4. The van der Waals surface area contributed by atoms with E-state index in [0.717, 1.165) is 22.1 Å². The van der Waals surface area contributed by atoms with Crippen LogP contribution < -0.4 is 4.57 Å². The first kappa shape index (κ1) is 12.1. The van der Waals surface area contributed by atoms with Gasteiger partial charge in [0.15, 0.2) is 11.8 Å². The number of aryl methyl sites for hydroxylation is 2. The van der Waals surface area contributed by atoms with E-state index in [9.17, 15) is 0 Å². The molecule has 0 unspecified atom stereocenters. The Balaban J connectivity index is 2.08. The van der Waals surface area contributed by atoms with Crippen LogP contribution in [0.5, 0.6) is 0 Å². The molecule has 0 saturated carbocycles. The van der Waals surface area contributed by atoms with Crippen LogP contribution in [0.25, 0.3) is 33.3 Å². The molecule has 0 radical (unpaired) electrons. The minimum Gasteiger partial charge on any atom is -0.454 e. The van der Waals surface area contributed by atoms with Crippen LogP contribution in [0.1, 0.15) is 5.56 Å². The molecule has 3 heteroatoms. The molecular formula is C18H15N2O+. The van der Waals surface area contributed by atoms with Gasteiger partial charge in [-0.1, -0.05) is 0 Å². The second-order valence-electron chi connectivity index (χ2n) is 5.31.